The molecule has 0 aliphatic rings. The van der Waals surface area contributed by atoms with Crippen LogP contribution >= 0.6 is 22.9 Å². The smallest absolute Gasteiger partial charge is 0.417 e. The normalized spacial score (nSPS) is 12.2. The van der Waals surface area contributed by atoms with Crippen LogP contribution in [0.4, 0.5) is 18.3 Å². The first-order valence-corrected chi connectivity index (χ1v) is 11.0. The van der Waals surface area contributed by atoms with Crippen LogP contribution in [-0.4, -0.2) is 39.8 Å². The van der Waals surface area contributed by atoms with Crippen molar-refractivity contribution in [3.63, 3.8) is 0 Å². The minimum absolute atomic E-state index is 0.0489. The fourth-order valence-electron chi connectivity index (χ4n) is 3.25. The summed E-state index contributed by atoms with van der Waals surface area (Å²) in [6, 6.07) is 8.66. The number of halogens is 4. The molecule has 0 saturated carbocycles. The summed E-state index contributed by atoms with van der Waals surface area (Å²) in [5, 5.41) is 23.5. The van der Waals surface area contributed by atoms with E-state index in [1.807, 2.05) is 0 Å². The number of anilines is 1. The first kappa shape index (κ1) is 23.6. The number of hydrogen-bond donors (Lipinski definition) is 4. The first-order chi connectivity index (χ1) is 16.2. The van der Waals surface area contributed by atoms with Crippen molar-refractivity contribution in [3.8, 4) is 5.88 Å². The van der Waals surface area contributed by atoms with Crippen molar-refractivity contribution < 1.29 is 23.1 Å². The molecule has 4 aromatic rings. The van der Waals surface area contributed by atoms with E-state index in [1.165, 1.54) is 25.3 Å². The van der Waals surface area contributed by atoms with Gasteiger partial charge >= 0.3 is 6.18 Å². The lowest BCUT2D eigenvalue weighted by molar-refractivity contribution is -0.137. The van der Waals surface area contributed by atoms with Crippen LogP contribution in [0.15, 0.2) is 42.6 Å². The average Bonchev–Trinajstić information content (AvgIpc) is 3.41. The predicted molar refractivity (Wildman–Crippen MR) is 126 cm³/mol. The highest BCUT2D eigenvalue weighted by molar-refractivity contribution is 7.17. The second kappa shape index (κ2) is 9.35. The summed E-state index contributed by atoms with van der Waals surface area (Å²) in [4.78, 5) is 15.8. The molecule has 2 heterocycles. The Kier molecular flexibility index (Phi) is 6.49. The second-order valence-corrected chi connectivity index (χ2v) is 8.59. The van der Waals surface area contributed by atoms with Gasteiger partial charge in [0.1, 0.15) is 4.88 Å². The van der Waals surface area contributed by atoms with Crippen LogP contribution in [0.5, 0.6) is 5.88 Å². The number of fused-ring (bicyclic) bond motifs is 1. The molecule has 0 atom stereocenters. The van der Waals surface area contributed by atoms with Crippen LogP contribution in [-0.2, 0) is 11.0 Å². The number of alkyl halides is 3. The molecule has 4 N–H and O–H groups in total. The molecule has 12 heteroatoms. The van der Waals surface area contributed by atoms with Gasteiger partial charge in [-0.1, -0.05) is 35.1 Å². The fraction of sp³-hybridized carbons (Fsp3) is 0.136. The van der Waals surface area contributed by atoms with Crippen molar-refractivity contribution in [2.24, 2.45) is 0 Å². The number of rotatable bonds is 6. The molecular weight excluding hydrogens is 491 g/mol. The van der Waals surface area contributed by atoms with Crippen molar-refractivity contribution in [1.29, 1.82) is 0 Å². The van der Waals surface area contributed by atoms with Gasteiger partial charge in [0.15, 0.2) is 5.13 Å². The molecule has 7 nitrogen and oxygen atoms in total. The number of benzene rings is 2. The lowest BCUT2D eigenvalue weighted by atomic mass is 9.98. The van der Waals surface area contributed by atoms with Gasteiger partial charge in [0.2, 0.25) is 11.8 Å². The fourth-order valence-corrected chi connectivity index (χ4v) is 4.32. The molecule has 0 aliphatic heterocycles. The van der Waals surface area contributed by atoms with Gasteiger partial charge in [-0.05, 0) is 41.5 Å². The predicted octanol–water partition coefficient (Wildman–Crippen LogP) is 5.14. The lowest BCUT2D eigenvalue weighted by Gasteiger charge is -2.13. The summed E-state index contributed by atoms with van der Waals surface area (Å²) in [6.45, 7) is -0.0850. The summed E-state index contributed by atoms with van der Waals surface area (Å²) in [5.41, 5.74) is 0.537. The van der Waals surface area contributed by atoms with E-state index in [0.29, 0.717) is 11.1 Å². The monoisotopic (exact) mass is 507 g/mol. The van der Waals surface area contributed by atoms with Gasteiger partial charge in [-0.2, -0.15) is 23.3 Å². The first-order valence-electron chi connectivity index (χ1n) is 9.82. The Morgan fingerprint density at radius 3 is 2.79 bits per heavy atom. The van der Waals surface area contributed by atoms with E-state index < -0.39 is 11.7 Å². The number of thiazole rings is 1. The number of likely N-dealkylation sites (N-methyl/N-ethyl adjacent to an activating group) is 1. The van der Waals surface area contributed by atoms with Gasteiger partial charge in [0.25, 0.3) is 0 Å². The Morgan fingerprint density at radius 2 is 2.06 bits per heavy atom. The number of aromatic amines is 1. The number of amides is 1. The highest BCUT2D eigenvalue weighted by Gasteiger charge is 2.33. The number of H-pyrrole nitrogens is 1. The summed E-state index contributed by atoms with van der Waals surface area (Å²) in [7, 11) is 1.48. The molecule has 34 heavy (non-hydrogen) atoms. The van der Waals surface area contributed by atoms with Crippen molar-refractivity contribution in [3.05, 3.63) is 69.2 Å². The number of carbonyl (C=O) groups excluding carboxylic acids is 1. The van der Waals surface area contributed by atoms with Crippen LogP contribution in [0.3, 0.4) is 0 Å². The SMILES string of the molecule is CNC(=O)CNc1nc(O)c(C(=Cc2ccc(Cl)cc2C(F)(F)F)c2ccc3[nH]ncc3c2)s1. The molecule has 0 fully saturated rings. The largest absolute Gasteiger partial charge is 0.492 e. The highest BCUT2D eigenvalue weighted by Crippen LogP contribution is 2.41. The topological polar surface area (TPSA) is 103 Å². The molecule has 0 spiro atoms. The molecule has 2 aromatic heterocycles. The third-order valence-electron chi connectivity index (χ3n) is 4.90. The summed E-state index contributed by atoms with van der Waals surface area (Å²) >= 11 is 6.83. The number of aromatic nitrogens is 3. The number of hydrogen-bond acceptors (Lipinski definition) is 6. The number of nitrogens with zero attached hydrogens (tertiary/aromatic N) is 2. The summed E-state index contributed by atoms with van der Waals surface area (Å²) in [6.07, 6.45) is -1.73. The number of aromatic hydroxyl groups is 1. The molecule has 0 unspecified atom stereocenters. The van der Waals surface area contributed by atoms with E-state index in [-0.39, 0.29) is 38.9 Å². The van der Waals surface area contributed by atoms with Gasteiger partial charge in [0.05, 0.1) is 23.8 Å². The molecule has 0 radical (unpaired) electrons. The zero-order valence-electron chi connectivity index (χ0n) is 17.5. The maximum Gasteiger partial charge on any atom is 0.417 e. The van der Waals surface area contributed by atoms with Gasteiger partial charge < -0.3 is 15.7 Å². The van der Waals surface area contributed by atoms with E-state index in [9.17, 15) is 23.1 Å². The molecule has 176 valence electrons. The van der Waals surface area contributed by atoms with Gasteiger partial charge in [0, 0.05) is 23.0 Å². The Labute approximate surface area is 200 Å². The zero-order valence-corrected chi connectivity index (χ0v) is 19.1. The van der Waals surface area contributed by atoms with Crippen molar-refractivity contribution in [1.82, 2.24) is 20.5 Å². The Balaban J connectivity index is 1.87. The quantitative estimate of drug-likeness (QED) is 0.270. The van der Waals surface area contributed by atoms with E-state index in [1.54, 1.807) is 24.4 Å². The van der Waals surface area contributed by atoms with Crippen LogP contribution in [0.25, 0.3) is 22.6 Å². The Morgan fingerprint density at radius 1 is 1.26 bits per heavy atom. The molecule has 1 amide bonds. The standard InChI is InChI=1S/C22H17ClF3N5O2S/c1-27-18(32)10-28-21-30-20(33)19(34-21)15(11-3-5-17-13(6-11)9-29-31-17)7-12-2-4-14(23)8-16(12)22(24,25)26/h2-9,33H,10H2,1H3,(H,27,32)(H,28,30)(H,29,31). The Hall–Kier alpha value is -3.57. The molecule has 4 rings (SSSR count). The lowest BCUT2D eigenvalue weighted by Crippen LogP contribution is -2.26. The third kappa shape index (κ3) is 5.00. The van der Waals surface area contributed by atoms with Crippen LogP contribution in [0, 0.1) is 0 Å². The van der Waals surface area contributed by atoms with E-state index >= 15 is 0 Å². The maximum atomic E-state index is 13.7. The van der Waals surface area contributed by atoms with Crippen molar-refractivity contribution in [2.45, 2.75) is 6.18 Å². The minimum Gasteiger partial charge on any atom is -0.492 e. The molecular formula is C22H17ClF3N5O2S. The van der Waals surface area contributed by atoms with E-state index in [4.69, 9.17) is 11.6 Å². The average molecular weight is 508 g/mol. The van der Waals surface area contributed by atoms with Crippen LogP contribution in [0.1, 0.15) is 21.6 Å². The number of carbonyl (C=O) groups is 1. The zero-order chi connectivity index (χ0) is 24.5. The third-order valence-corrected chi connectivity index (χ3v) is 6.18. The van der Waals surface area contributed by atoms with E-state index in [2.05, 4.69) is 25.8 Å². The van der Waals surface area contributed by atoms with Crippen LogP contribution < -0.4 is 10.6 Å². The van der Waals surface area contributed by atoms with Crippen molar-refractivity contribution >= 4 is 56.5 Å². The van der Waals surface area contributed by atoms with Crippen LogP contribution in [0.2, 0.25) is 5.02 Å². The molecule has 0 aliphatic carbocycles. The maximum absolute atomic E-state index is 13.7. The van der Waals surface area contributed by atoms with Gasteiger partial charge in [-0.15, -0.1) is 0 Å². The summed E-state index contributed by atoms with van der Waals surface area (Å²) in [5.74, 6) is -0.682. The summed E-state index contributed by atoms with van der Waals surface area (Å²) < 4.78 is 41.2. The molecule has 0 saturated heterocycles. The van der Waals surface area contributed by atoms with Gasteiger partial charge in [-0.3, -0.25) is 9.89 Å². The molecule has 0 bridgehead atoms. The molecule has 2 aromatic carbocycles. The van der Waals surface area contributed by atoms with E-state index in [0.717, 1.165) is 28.3 Å². The number of nitrogens with one attached hydrogen (secondary N) is 3. The van der Waals surface area contributed by atoms with Crippen molar-refractivity contribution in [2.75, 3.05) is 18.9 Å². The van der Waals surface area contributed by atoms with Gasteiger partial charge in [-0.25, -0.2) is 0 Å². The second-order valence-electron chi connectivity index (χ2n) is 7.16. The Bertz CT molecular complexity index is 1400. The highest BCUT2D eigenvalue weighted by atomic mass is 35.5. The minimum atomic E-state index is -4.65.